The van der Waals surface area contributed by atoms with E-state index in [9.17, 15) is 14.4 Å². The number of carbonyl (C=O) groups excluding carboxylic acids is 3. The molecule has 1 aromatic rings. The standard InChI is InChI=1S/C18H24N4O3/c1-13(14-5-10-19-11-6-14)20-15(23)7-12-22-16(24)18(21-17(22)25)8-3-2-4-9-18/h5-6,10-11,13H,2-4,7-9,12H2,1H3,(H,20,23)(H,21,25). The minimum atomic E-state index is -0.726. The largest absolute Gasteiger partial charge is 0.350 e. The molecule has 1 saturated heterocycles. The molecule has 2 fully saturated rings. The molecule has 2 N–H and O–H groups in total. The van der Waals surface area contributed by atoms with Crippen molar-refractivity contribution in [2.75, 3.05) is 6.54 Å². The molecule has 1 unspecified atom stereocenters. The van der Waals surface area contributed by atoms with Crippen molar-refractivity contribution in [3.05, 3.63) is 30.1 Å². The Kier molecular flexibility index (Phi) is 5.01. The molecule has 25 heavy (non-hydrogen) atoms. The molecule has 1 aliphatic carbocycles. The van der Waals surface area contributed by atoms with Crippen LogP contribution in [0.3, 0.4) is 0 Å². The van der Waals surface area contributed by atoms with Crippen molar-refractivity contribution in [2.24, 2.45) is 0 Å². The number of urea groups is 1. The van der Waals surface area contributed by atoms with Gasteiger partial charge in [0.25, 0.3) is 5.91 Å². The number of pyridine rings is 1. The third-order valence-corrected chi connectivity index (χ3v) is 5.10. The lowest BCUT2D eigenvalue weighted by Gasteiger charge is -2.30. The molecule has 134 valence electrons. The molecule has 4 amide bonds. The predicted octanol–water partition coefficient (Wildman–Crippen LogP) is 1.90. The molecular weight excluding hydrogens is 320 g/mol. The lowest BCUT2D eigenvalue weighted by atomic mass is 9.82. The Bertz CT molecular complexity index is 656. The molecule has 3 rings (SSSR count). The summed E-state index contributed by atoms with van der Waals surface area (Å²) in [5.41, 5.74) is 0.232. The molecule has 1 saturated carbocycles. The van der Waals surface area contributed by atoms with E-state index < -0.39 is 5.54 Å². The number of carbonyl (C=O) groups is 3. The summed E-state index contributed by atoms with van der Waals surface area (Å²) in [5.74, 6) is -0.360. The molecule has 0 radical (unpaired) electrons. The first-order valence-electron chi connectivity index (χ1n) is 8.85. The van der Waals surface area contributed by atoms with E-state index in [-0.39, 0.29) is 36.9 Å². The van der Waals surface area contributed by atoms with Crippen LogP contribution < -0.4 is 10.6 Å². The normalized spacial score (nSPS) is 20.4. The Balaban J connectivity index is 1.53. The third-order valence-electron chi connectivity index (χ3n) is 5.10. The highest BCUT2D eigenvalue weighted by molar-refractivity contribution is 6.07. The summed E-state index contributed by atoms with van der Waals surface area (Å²) in [7, 11) is 0. The zero-order chi connectivity index (χ0) is 17.9. The van der Waals surface area contributed by atoms with Crippen molar-refractivity contribution in [3.63, 3.8) is 0 Å². The summed E-state index contributed by atoms with van der Waals surface area (Å²) >= 11 is 0. The van der Waals surface area contributed by atoms with Crippen LogP contribution in [0.25, 0.3) is 0 Å². The zero-order valence-electron chi connectivity index (χ0n) is 14.5. The first-order chi connectivity index (χ1) is 12.0. The number of rotatable bonds is 5. The van der Waals surface area contributed by atoms with Gasteiger partial charge in [-0.15, -0.1) is 0 Å². The Labute approximate surface area is 147 Å². The fourth-order valence-electron chi connectivity index (χ4n) is 3.64. The van der Waals surface area contributed by atoms with Gasteiger partial charge in [0.2, 0.25) is 5.91 Å². The Morgan fingerprint density at radius 2 is 1.96 bits per heavy atom. The van der Waals surface area contributed by atoms with E-state index in [0.717, 1.165) is 24.8 Å². The SMILES string of the molecule is CC(NC(=O)CCN1C(=O)NC2(CCCCC2)C1=O)c1ccncc1. The van der Waals surface area contributed by atoms with Gasteiger partial charge < -0.3 is 10.6 Å². The van der Waals surface area contributed by atoms with Gasteiger partial charge in [0, 0.05) is 25.4 Å². The average Bonchev–Trinajstić information content (AvgIpc) is 2.84. The van der Waals surface area contributed by atoms with Crippen molar-refractivity contribution in [1.29, 1.82) is 0 Å². The van der Waals surface area contributed by atoms with E-state index in [1.165, 1.54) is 4.90 Å². The van der Waals surface area contributed by atoms with E-state index in [0.29, 0.717) is 12.8 Å². The van der Waals surface area contributed by atoms with Crippen molar-refractivity contribution >= 4 is 17.8 Å². The van der Waals surface area contributed by atoms with Crippen molar-refractivity contribution < 1.29 is 14.4 Å². The van der Waals surface area contributed by atoms with Gasteiger partial charge in [-0.25, -0.2) is 4.79 Å². The number of hydrogen-bond donors (Lipinski definition) is 2. The summed E-state index contributed by atoms with van der Waals surface area (Å²) in [6.07, 6.45) is 7.83. The summed E-state index contributed by atoms with van der Waals surface area (Å²) in [4.78, 5) is 42.1. The number of hydrogen-bond acceptors (Lipinski definition) is 4. The first kappa shape index (κ1) is 17.4. The van der Waals surface area contributed by atoms with Crippen LogP contribution in [-0.2, 0) is 9.59 Å². The van der Waals surface area contributed by atoms with Gasteiger partial charge >= 0.3 is 6.03 Å². The van der Waals surface area contributed by atoms with E-state index in [1.54, 1.807) is 12.4 Å². The lowest BCUT2D eigenvalue weighted by molar-refractivity contribution is -0.132. The van der Waals surface area contributed by atoms with Gasteiger partial charge in [0.15, 0.2) is 0 Å². The quantitative estimate of drug-likeness (QED) is 0.798. The smallest absolute Gasteiger partial charge is 0.325 e. The monoisotopic (exact) mass is 344 g/mol. The van der Waals surface area contributed by atoms with Crippen LogP contribution in [-0.4, -0.2) is 39.8 Å². The highest BCUT2D eigenvalue weighted by Crippen LogP contribution is 2.33. The van der Waals surface area contributed by atoms with E-state index in [1.807, 2.05) is 19.1 Å². The number of amides is 4. The fraction of sp³-hybridized carbons (Fsp3) is 0.556. The molecule has 2 heterocycles. The topological polar surface area (TPSA) is 91.4 Å². The summed E-state index contributed by atoms with van der Waals surface area (Å²) < 4.78 is 0. The maximum Gasteiger partial charge on any atom is 0.325 e. The van der Waals surface area contributed by atoms with E-state index >= 15 is 0 Å². The maximum atomic E-state index is 12.7. The number of aromatic nitrogens is 1. The highest BCUT2D eigenvalue weighted by atomic mass is 16.2. The van der Waals surface area contributed by atoms with Gasteiger partial charge in [0.1, 0.15) is 5.54 Å². The Hall–Kier alpha value is -2.44. The van der Waals surface area contributed by atoms with Gasteiger partial charge in [-0.1, -0.05) is 19.3 Å². The molecule has 7 nitrogen and oxygen atoms in total. The Morgan fingerprint density at radius 3 is 2.64 bits per heavy atom. The molecule has 2 aliphatic rings. The van der Waals surface area contributed by atoms with Crippen molar-refractivity contribution in [1.82, 2.24) is 20.5 Å². The molecule has 1 spiro atoms. The number of imide groups is 1. The zero-order valence-corrected chi connectivity index (χ0v) is 14.5. The van der Waals surface area contributed by atoms with Crippen molar-refractivity contribution in [3.8, 4) is 0 Å². The van der Waals surface area contributed by atoms with E-state index in [4.69, 9.17) is 0 Å². The summed E-state index contributed by atoms with van der Waals surface area (Å²) in [5, 5.41) is 5.74. The van der Waals surface area contributed by atoms with Gasteiger partial charge in [0.05, 0.1) is 6.04 Å². The predicted molar refractivity (Wildman–Crippen MR) is 91.5 cm³/mol. The molecule has 0 aromatic carbocycles. The molecule has 1 atom stereocenters. The average molecular weight is 344 g/mol. The van der Waals surface area contributed by atoms with Gasteiger partial charge in [-0.05, 0) is 37.5 Å². The Morgan fingerprint density at radius 1 is 1.28 bits per heavy atom. The number of nitrogens with zero attached hydrogens (tertiary/aromatic N) is 2. The van der Waals surface area contributed by atoms with Gasteiger partial charge in [-0.2, -0.15) is 0 Å². The molecule has 1 aliphatic heterocycles. The van der Waals surface area contributed by atoms with Crippen LogP contribution in [0.5, 0.6) is 0 Å². The van der Waals surface area contributed by atoms with Crippen LogP contribution in [0.4, 0.5) is 4.79 Å². The lowest BCUT2D eigenvalue weighted by Crippen LogP contribution is -2.48. The maximum absolute atomic E-state index is 12.7. The molecule has 7 heteroatoms. The second-order valence-corrected chi connectivity index (χ2v) is 6.85. The van der Waals surface area contributed by atoms with Crippen molar-refractivity contribution in [2.45, 2.75) is 57.0 Å². The fourth-order valence-corrected chi connectivity index (χ4v) is 3.64. The molecular formula is C18H24N4O3. The van der Waals surface area contributed by atoms with E-state index in [2.05, 4.69) is 15.6 Å². The molecule has 1 aromatic heterocycles. The highest BCUT2D eigenvalue weighted by Gasteiger charge is 2.51. The third kappa shape index (κ3) is 3.65. The van der Waals surface area contributed by atoms with Crippen LogP contribution in [0, 0.1) is 0 Å². The van der Waals surface area contributed by atoms with Crippen LogP contribution in [0.15, 0.2) is 24.5 Å². The second kappa shape index (κ2) is 7.21. The van der Waals surface area contributed by atoms with Gasteiger partial charge in [-0.3, -0.25) is 19.5 Å². The first-order valence-corrected chi connectivity index (χ1v) is 8.85. The summed E-state index contributed by atoms with van der Waals surface area (Å²) in [6, 6.07) is 3.16. The minimum absolute atomic E-state index is 0.102. The van der Waals surface area contributed by atoms with Crippen LogP contribution >= 0.6 is 0 Å². The van der Waals surface area contributed by atoms with Crippen LogP contribution in [0.2, 0.25) is 0 Å². The molecule has 0 bridgehead atoms. The second-order valence-electron chi connectivity index (χ2n) is 6.85. The minimum Gasteiger partial charge on any atom is -0.350 e. The number of nitrogens with one attached hydrogen (secondary N) is 2. The van der Waals surface area contributed by atoms with Crippen LogP contribution in [0.1, 0.15) is 57.1 Å². The summed E-state index contributed by atoms with van der Waals surface area (Å²) in [6.45, 7) is 2.00.